The Balaban J connectivity index is 2.10. The maximum atomic E-state index is 13.2. The van der Waals surface area contributed by atoms with Crippen molar-refractivity contribution in [3.63, 3.8) is 0 Å². The van der Waals surface area contributed by atoms with E-state index in [0.717, 1.165) is 4.90 Å². The number of halogens is 3. The first kappa shape index (κ1) is 18.3. The van der Waals surface area contributed by atoms with Crippen LogP contribution in [-0.4, -0.2) is 41.5 Å². The first-order valence-corrected chi connectivity index (χ1v) is 8.07. The van der Waals surface area contributed by atoms with E-state index in [4.69, 9.17) is 0 Å². The van der Waals surface area contributed by atoms with Crippen LogP contribution in [-0.2, 0) is 4.79 Å². The van der Waals surface area contributed by atoms with Gasteiger partial charge < -0.3 is 10.2 Å². The summed E-state index contributed by atoms with van der Waals surface area (Å²) >= 11 is 0. The van der Waals surface area contributed by atoms with Gasteiger partial charge in [0.25, 0.3) is 5.91 Å². The molecule has 1 aromatic rings. The minimum Gasteiger partial charge on any atom is -0.340 e. The van der Waals surface area contributed by atoms with Crippen LogP contribution in [0, 0.1) is 0 Å². The predicted octanol–water partition coefficient (Wildman–Crippen LogP) is 3.14. The van der Waals surface area contributed by atoms with Crippen LogP contribution in [0.3, 0.4) is 0 Å². The molecule has 132 valence electrons. The van der Waals surface area contributed by atoms with Gasteiger partial charge in [0.2, 0.25) is 5.91 Å². The first-order chi connectivity index (χ1) is 11.3. The summed E-state index contributed by atoms with van der Waals surface area (Å²) in [6.45, 7) is 1.91. The molecule has 2 rings (SSSR count). The van der Waals surface area contributed by atoms with Gasteiger partial charge in [-0.2, -0.15) is 13.2 Å². The number of alkyl halides is 3. The normalized spacial score (nSPS) is 21.7. The SMILES string of the molecule is CCCCN1C(=O)[C@H](NC(=O)c2ccccc2)CC[C@@H]1C(F)(F)F. The zero-order chi connectivity index (χ0) is 17.7. The Bertz CT molecular complexity index is 575. The van der Waals surface area contributed by atoms with Crippen molar-refractivity contribution in [2.75, 3.05) is 6.54 Å². The van der Waals surface area contributed by atoms with Crippen molar-refractivity contribution in [1.29, 1.82) is 0 Å². The minimum atomic E-state index is -4.45. The van der Waals surface area contributed by atoms with Crippen LogP contribution in [0.2, 0.25) is 0 Å². The summed E-state index contributed by atoms with van der Waals surface area (Å²) < 4.78 is 39.5. The van der Waals surface area contributed by atoms with Crippen LogP contribution in [0.25, 0.3) is 0 Å². The Morgan fingerprint density at radius 1 is 1.25 bits per heavy atom. The Hall–Kier alpha value is -2.05. The van der Waals surface area contributed by atoms with Crippen LogP contribution in [0.4, 0.5) is 13.2 Å². The summed E-state index contributed by atoms with van der Waals surface area (Å²) in [4.78, 5) is 25.5. The fourth-order valence-corrected chi connectivity index (χ4v) is 2.86. The highest BCUT2D eigenvalue weighted by molar-refractivity contribution is 5.97. The molecule has 0 radical (unpaired) electrons. The van der Waals surface area contributed by atoms with Crippen molar-refractivity contribution in [2.45, 2.75) is 50.9 Å². The monoisotopic (exact) mass is 342 g/mol. The molecule has 1 aliphatic heterocycles. The van der Waals surface area contributed by atoms with Crippen molar-refractivity contribution < 1.29 is 22.8 Å². The van der Waals surface area contributed by atoms with Crippen molar-refractivity contribution in [3.05, 3.63) is 35.9 Å². The molecule has 2 atom stereocenters. The minimum absolute atomic E-state index is 0.00971. The number of amides is 2. The average Bonchev–Trinajstić information content (AvgIpc) is 2.55. The Morgan fingerprint density at radius 2 is 1.92 bits per heavy atom. The standard InChI is InChI=1S/C17H21F3N2O2/c1-2-3-11-22-14(17(18,19)20)10-9-13(16(22)24)21-15(23)12-7-5-4-6-8-12/h4-8,13-14H,2-3,9-11H2,1H3,(H,21,23)/t13-,14-/m1/s1. The quantitative estimate of drug-likeness (QED) is 0.894. The number of hydrogen-bond acceptors (Lipinski definition) is 2. The van der Waals surface area contributed by atoms with Crippen molar-refractivity contribution >= 4 is 11.8 Å². The molecule has 2 amide bonds. The number of nitrogens with one attached hydrogen (secondary N) is 1. The Kier molecular flexibility index (Phi) is 5.85. The number of hydrogen-bond donors (Lipinski definition) is 1. The fourth-order valence-electron chi connectivity index (χ4n) is 2.86. The molecular weight excluding hydrogens is 321 g/mol. The zero-order valence-corrected chi connectivity index (χ0v) is 13.5. The molecule has 0 unspecified atom stereocenters. The number of nitrogens with zero attached hydrogens (tertiary/aromatic N) is 1. The second-order valence-electron chi connectivity index (χ2n) is 5.91. The van der Waals surface area contributed by atoms with Gasteiger partial charge in [0.05, 0.1) is 0 Å². The molecule has 4 nitrogen and oxygen atoms in total. The molecule has 0 aliphatic carbocycles. The summed E-state index contributed by atoms with van der Waals surface area (Å²) in [5.74, 6) is -1.10. The zero-order valence-electron chi connectivity index (χ0n) is 13.5. The third-order valence-electron chi connectivity index (χ3n) is 4.16. The molecule has 1 heterocycles. The van der Waals surface area contributed by atoms with Crippen LogP contribution < -0.4 is 5.32 Å². The lowest BCUT2D eigenvalue weighted by molar-refractivity contribution is -0.198. The van der Waals surface area contributed by atoms with Crippen molar-refractivity contribution in [2.24, 2.45) is 0 Å². The highest BCUT2D eigenvalue weighted by Gasteiger charge is 2.49. The molecule has 1 fully saturated rings. The summed E-state index contributed by atoms with van der Waals surface area (Å²) in [5.41, 5.74) is 0.378. The van der Waals surface area contributed by atoms with Crippen molar-refractivity contribution in [3.8, 4) is 0 Å². The lowest BCUT2D eigenvalue weighted by Crippen LogP contribution is -2.60. The lowest BCUT2D eigenvalue weighted by atomic mass is 9.96. The number of unbranched alkanes of at least 4 members (excludes halogenated alkanes) is 1. The summed E-state index contributed by atoms with van der Waals surface area (Å²) in [7, 11) is 0. The second-order valence-corrected chi connectivity index (χ2v) is 5.91. The van der Waals surface area contributed by atoms with E-state index in [9.17, 15) is 22.8 Å². The highest BCUT2D eigenvalue weighted by Crippen LogP contribution is 2.32. The van der Waals surface area contributed by atoms with E-state index in [1.165, 1.54) is 0 Å². The van der Waals surface area contributed by atoms with Crippen LogP contribution in [0.1, 0.15) is 43.0 Å². The molecule has 7 heteroatoms. The lowest BCUT2D eigenvalue weighted by Gasteiger charge is -2.40. The van der Waals surface area contributed by atoms with E-state index in [2.05, 4.69) is 5.32 Å². The number of likely N-dealkylation sites (tertiary alicyclic amines) is 1. The van der Waals surface area contributed by atoms with Gasteiger partial charge in [0.1, 0.15) is 12.1 Å². The van der Waals surface area contributed by atoms with Gasteiger partial charge >= 0.3 is 6.18 Å². The number of carbonyl (C=O) groups is 2. The van der Waals surface area contributed by atoms with E-state index in [1.54, 1.807) is 30.3 Å². The molecule has 0 aromatic heterocycles. The van der Waals surface area contributed by atoms with Gasteiger partial charge in [-0.3, -0.25) is 9.59 Å². The molecule has 0 bridgehead atoms. The second kappa shape index (κ2) is 7.68. The first-order valence-electron chi connectivity index (χ1n) is 8.07. The Labute approximate surface area is 139 Å². The molecule has 1 N–H and O–H groups in total. The topological polar surface area (TPSA) is 49.4 Å². The van der Waals surface area contributed by atoms with Crippen LogP contribution in [0.5, 0.6) is 0 Å². The predicted molar refractivity (Wildman–Crippen MR) is 83.4 cm³/mol. The highest BCUT2D eigenvalue weighted by atomic mass is 19.4. The molecule has 1 aliphatic rings. The Morgan fingerprint density at radius 3 is 2.50 bits per heavy atom. The van der Waals surface area contributed by atoms with E-state index in [0.29, 0.717) is 18.4 Å². The van der Waals surface area contributed by atoms with Gasteiger partial charge in [-0.1, -0.05) is 31.5 Å². The molecular formula is C17H21F3N2O2. The molecule has 1 aromatic carbocycles. The van der Waals surface area contributed by atoms with Crippen LogP contribution in [0.15, 0.2) is 30.3 Å². The van der Waals surface area contributed by atoms with Gasteiger partial charge in [0, 0.05) is 12.1 Å². The smallest absolute Gasteiger partial charge is 0.340 e. The van der Waals surface area contributed by atoms with E-state index in [-0.39, 0.29) is 19.4 Å². The maximum absolute atomic E-state index is 13.2. The third-order valence-corrected chi connectivity index (χ3v) is 4.16. The maximum Gasteiger partial charge on any atom is 0.408 e. The van der Waals surface area contributed by atoms with Gasteiger partial charge in [0.15, 0.2) is 0 Å². The van der Waals surface area contributed by atoms with Crippen LogP contribution >= 0.6 is 0 Å². The van der Waals surface area contributed by atoms with Gasteiger partial charge in [-0.15, -0.1) is 0 Å². The summed E-state index contributed by atoms with van der Waals surface area (Å²) in [6, 6.07) is 5.64. The largest absolute Gasteiger partial charge is 0.408 e. The van der Waals surface area contributed by atoms with E-state index in [1.807, 2.05) is 6.92 Å². The number of piperidine rings is 1. The molecule has 24 heavy (non-hydrogen) atoms. The third kappa shape index (κ3) is 4.27. The number of benzene rings is 1. The molecule has 0 spiro atoms. The molecule has 0 saturated carbocycles. The van der Waals surface area contributed by atoms with E-state index < -0.39 is 30.1 Å². The summed E-state index contributed by atoms with van der Waals surface area (Å²) in [5, 5.41) is 2.57. The number of carbonyl (C=O) groups excluding carboxylic acids is 2. The van der Waals surface area contributed by atoms with E-state index >= 15 is 0 Å². The molecule has 1 saturated heterocycles. The van der Waals surface area contributed by atoms with Gasteiger partial charge in [-0.25, -0.2) is 0 Å². The number of rotatable bonds is 5. The van der Waals surface area contributed by atoms with Gasteiger partial charge in [-0.05, 0) is 31.4 Å². The van der Waals surface area contributed by atoms with Crippen molar-refractivity contribution in [1.82, 2.24) is 10.2 Å². The average molecular weight is 342 g/mol. The fraction of sp³-hybridized carbons (Fsp3) is 0.529. The summed E-state index contributed by atoms with van der Waals surface area (Å²) in [6.07, 6.45) is -3.46.